The van der Waals surface area contributed by atoms with Gasteiger partial charge in [-0.1, -0.05) is 25.5 Å². The smallest absolute Gasteiger partial charge is 0.338 e. The number of aryl methyl sites for hydroxylation is 1. The Balaban J connectivity index is 1.97. The normalized spacial score (nSPS) is 10.7. The lowest BCUT2D eigenvalue weighted by molar-refractivity contribution is -0.112. The Morgan fingerprint density at radius 3 is 2.28 bits per heavy atom. The number of carbonyl (C=O) groups excluding carboxylic acids is 2. The van der Waals surface area contributed by atoms with Crippen LogP contribution in [0, 0.1) is 11.3 Å². The van der Waals surface area contributed by atoms with E-state index in [4.69, 9.17) is 4.74 Å². The average Bonchev–Trinajstić information content (AvgIpc) is 2.74. The number of esters is 1. The van der Waals surface area contributed by atoms with Crippen molar-refractivity contribution in [2.24, 2.45) is 0 Å². The summed E-state index contributed by atoms with van der Waals surface area (Å²) in [6.45, 7) is 4.18. The van der Waals surface area contributed by atoms with Gasteiger partial charge in [0.15, 0.2) is 0 Å². The minimum atomic E-state index is -0.538. The number of nitrogens with one attached hydrogen (secondary N) is 2. The second kappa shape index (κ2) is 11.3. The molecule has 0 saturated heterocycles. The standard InChI is InChI=1S/C23H25N3O3/c1-3-5-6-17-7-11-20(12-8-17)25-16-19(15-24)22(27)26-21-13-9-18(10-14-21)23(28)29-4-2/h7-14,16,25H,3-6H2,1-2H3,(H,26,27)/b19-16-. The van der Waals surface area contributed by atoms with E-state index in [9.17, 15) is 14.9 Å². The third-order valence-electron chi connectivity index (χ3n) is 4.18. The molecule has 0 aliphatic heterocycles. The van der Waals surface area contributed by atoms with Gasteiger partial charge in [0.05, 0.1) is 12.2 Å². The van der Waals surface area contributed by atoms with Crippen LogP contribution in [-0.2, 0) is 16.0 Å². The summed E-state index contributed by atoms with van der Waals surface area (Å²) in [5.74, 6) is -0.962. The van der Waals surface area contributed by atoms with Crippen LogP contribution in [0.3, 0.4) is 0 Å². The van der Waals surface area contributed by atoms with Gasteiger partial charge in [-0.2, -0.15) is 5.26 Å². The van der Waals surface area contributed by atoms with Gasteiger partial charge < -0.3 is 15.4 Å². The van der Waals surface area contributed by atoms with Crippen LogP contribution in [0.5, 0.6) is 0 Å². The molecule has 2 rings (SSSR count). The van der Waals surface area contributed by atoms with Gasteiger partial charge in [0, 0.05) is 17.6 Å². The fourth-order valence-electron chi connectivity index (χ4n) is 2.56. The molecular formula is C23H25N3O3. The first kappa shape index (κ1) is 21.7. The van der Waals surface area contributed by atoms with Crippen molar-refractivity contribution in [2.75, 3.05) is 17.2 Å². The Morgan fingerprint density at radius 2 is 1.69 bits per heavy atom. The van der Waals surface area contributed by atoms with Crippen molar-refractivity contribution in [3.05, 3.63) is 71.4 Å². The van der Waals surface area contributed by atoms with Gasteiger partial charge in [-0.15, -0.1) is 0 Å². The number of unbranched alkanes of at least 4 members (excludes halogenated alkanes) is 1. The van der Waals surface area contributed by atoms with E-state index in [1.165, 1.54) is 11.8 Å². The van der Waals surface area contributed by atoms with E-state index >= 15 is 0 Å². The maximum Gasteiger partial charge on any atom is 0.338 e. The molecule has 0 radical (unpaired) electrons. The minimum Gasteiger partial charge on any atom is -0.462 e. The van der Waals surface area contributed by atoms with Gasteiger partial charge in [0.2, 0.25) is 0 Å². The van der Waals surface area contributed by atoms with Crippen molar-refractivity contribution in [2.45, 2.75) is 33.1 Å². The first-order chi connectivity index (χ1) is 14.1. The number of anilines is 2. The fraction of sp³-hybridized carbons (Fsp3) is 0.261. The quantitative estimate of drug-likeness (QED) is 0.368. The number of hydrogen-bond donors (Lipinski definition) is 2. The molecule has 6 heteroatoms. The Morgan fingerprint density at radius 1 is 1.03 bits per heavy atom. The number of nitrogens with zero attached hydrogens (tertiary/aromatic N) is 1. The van der Waals surface area contributed by atoms with E-state index < -0.39 is 11.9 Å². The van der Waals surface area contributed by atoms with Crippen LogP contribution in [0.15, 0.2) is 60.3 Å². The van der Waals surface area contributed by atoms with Gasteiger partial charge >= 0.3 is 5.97 Å². The number of ether oxygens (including phenoxy) is 1. The molecule has 0 unspecified atom stereocenters. The lowest BCUT2D eigenvalue weighted by atomic mass is 10.1. The number of nitriles is 1. The van der Waals surface area contributed by atoms with Crippen molar-refractivity contribution in [1.29, 1.82) is 5.26 Å². The van der Waals surface area contributed by atoms with E-state index in [1.54, 1.807) is 31.2 Å². The SMILES string of the molecule is CCCCc1ccc(N/C=C(/C#N)C(=O)Nc2ccc(C(=O)OCC)cc2)cc1. The molecule has 0 aliphatic carbocycles. The van der Waals surface area contributed by atoms with Crippen molar-refractivity contribution in [3.63, 3.8) is 0 Å². The van der Waals surface area contributed by atoms with Crippen molar-refractivity contribution < 1.29 is 14.3 Å². The molecule has 0 bridgehead atoms. The summed E-state index contributed by atoms with van der Waals surface area (Å²) in [6, 6.07) is 16.1. The highest BCUT2D eigenvalue weighted by Crippen LogP contribution is 2.14. The van der Waals surface area contributed by atoms with Crippen LogP contribution in [0.2, 0.25) is 0 Å². The third kappa shape index (κ3) is 6.82. The highest BCUT2D eigenvalue weighted by molar-refractivity contribution is 6.06. The zero-order chi connectivity index (χ0) is 21.1. The lowest BCUT2D eigenvalue weighted by Crippen LogP contribution is -2.14. The zero-order valence-electron chi connectivity index (χ0n) is 16.7. The second-order valence-corrected chi connectivity index (χ2v) is 6.37. The summed E-state index contributed by atoms with van der Waals surface area (Å²) in [7, 11) is 0. The predicted octanol–water partition coefficient (Wildman–Crippen LogP) is 4.66. The molecule has 0 heterocycles. The van der Waals surface area contributed by atoms with E-state index in [2.05, 4.69) is 17.6 Å². The molecule has 0 aliphatic rings. The molecule has 0 atom stereocenters. The summed E-state index contributed by atoms with van der Waals surface area (Å²) in [4.78, 5) is 24.0. The second-order valence-electron chi connectivity index (χ2n) is 6.37. The molecule has 0 fully saturated rings. The highest BCUT2D eigenvalue weighted by Gasteiger charge is 2.11. The molecule has 29 heavy (non-hydrogen) atoms. The van der Waals surface area contributed by atoms with Gasteiger partial charge in [-0.25, -0.2) is 4.79 Å². The Hall–Kier alpha value is -3.59. The number of benzene rings is 2. The van der Waals surface area contributed by atoms with Gasteiger partial charge in [0.25, 0.3) is 5.91 Å². The molecular weight excluding hydrogens is 366 g/mol. The van der Waals surface area contributed by atoms with Crippen LogP contribution >= 0.6 is 0 Å². The van der Waals surface area contributed by atoms with Gasteiger partial charge in [-0.3, -0.25) is 4.79 Å². The van der Waals surface area contributed by atoms with E-state index in [-0.39, 0.29) is 5.57 Å². The van der Waals surface area contributed by atoms with Crippen LogP contribution in [0.4, 0.5) is 11.4 Å². The summed E-state index contributed by atoms with van der Waals surface area (Å²) < 4.78 is 4.92. The molecule has 2 aromatic rings. The molecule has 6 nitrogen and oxygen atoms in total. The van der Waals surface area contributed by atoms with Gasteiger partial charge in [0.1, 0.15) is 11.6 Å². The average molecular weight is 391 g/mol. The molecule has 2 aromatic carbocycles. The molecule has 1 amide bonds. The highest BCUT2D eigenvalue weighted by atomic mass is 16.5. The molecule has 2 N–H and O–H groups in total. The molecule has 0 saturated carbocycles. The van der Waals surface area contributed by atoms with Crippen LogP contribution in [0.25, 0.3) is 0 Å². The summed E-state index contributed by atoms with van der Waals surface area (Å²) >= 11 is 0. The van der Waals surface area contributed by atoms with Crippen molar-refractivity contribution >= 4 is 23.3 Å². The third-order valence-corrected chi connectivity index (χ3v) is 4.18. The lowest BCUT2D eigenvalue weighted by Gasteiger charge is -2.07. The summed E-state index contributed by atoms with van der Waals surface area (Å²) in [6.07, 6.45) is 4.71. The van der Waals surface area contributed by atoms with E-state index in [0.29, 0.717) is 17.9 Å². The number of amides is 1. The van der Waals surface area contributed by atoms with Gasteiger partial charge in [-0.05, 0) is 61.7 Å². The maximum atomic E-state index is 12.3. The van der Waals surface area contributed by atoms with E-state index in [0.717, 1.165) is 24.9 Å². The van der Waals surface area contributed by atoms with E-state index in [1.807, 2.05) is 30.3 Å². The Kier molecular flexibility index (Phi) is 8.46. The first-order valence-corrected chi connectivity index (χ1v) is 9.61. The number of hydrogen-bond acceptors (Lipinski definition) is 5. The molecule has 0 spiro atoms. The molecule has 150 valence electrons. The van der Waals surface area contributed by atoms with Crippen LogP contribution in [0.1, 0.15) is 42.6 Å². The molecule has 0 aromatic heterocycles. The summed E-state index contributed by atoms with van der Waals surface area (Å²) in [5.41, 5.74) is 2.86. The number of carbonyl (C=O) groups is 2. The van der Waals surface area contributed by atoms with Crippen LogP contribution in [-0.4, -0.2) is 18.5 Å². The maximum absolute atomic E-state index is 12.3. The number of rotatable bonds is 9. The Bertz CT molecular complexity index is 894. The summed E-state index contributed by atoms with van der Waals surface area (Å²) in [5, 5.41) is 14.9. The largest absolute Gasteiger partial charge is 0.462 e. The minimum absolute atomic E-state index is 0.0606. The topological polar surface area (TPSA) is 91.2 Å². The van der Waals surface area contributed by atoms with Crippen molar-refractivity contribution in [1.82, 2.24) is 0 Å². The predicted molar refractivity (Wildman–Crippen MR) is 113 cm³/mol. The van der Waals surface area contributed by atoms with Crippen molar-refractivity contribution in [3.8, 4) is 6.07 Å². The first-order valence-electron chi connectivity index (χ1n) is 9.61. The zero-order valence-corrected chi connectivity index (χ0v) is 16.7. The monoisotopic (exact) mass is 391 g/mol. The Labute approximate surface area is 171 Å². The fourth-order valence-corrected chi connectivity index (χ4v) is 2.56. The van der Waals surface area contributed by atoms with Crippen LogP contribution < -0.4 is 10.6 Å².